The number of hydrogen-bond donors (Lipinski definition) is 2. The number of carbonyl (C=O) groups excluding carboxylic acids is 1. The highest BCUT2D eigenvalue weighted by Gasteiger charge is 2.13. The van der Waals surface area contributed by atoms with Crippen molar-refractivity contribution in [1.29, 1.82) is 10.5 Å². The second-order valence-electron chi connectivity index (χ2n) is 5.76. The molecule has 0 bridgehead atoms. The summed E-state index contributed by atoms with van der Waals surface area (Å²) in [6.07, 6.45) is 0.684. The number of benzene rings is 1. The highest BCUT2D eigenvalue weighted by molar-refractivity contribution is 5.76. The van der Waals surface area contributed by atoms with Gasteiger partial charge in [-0.25, -0.2) is 0 Å². The zero-order valence-electron chi connectivity index (χ0n) is 14.1. The van der Waals surface area contributed by atoms with Gasteiger partial charge >= 0.3 is 0 Å². The van der Waals surface area contributed by atoms with E-state index in [-0.39, 0.29) is 17.9 Å². The van der Waals surface area contributed by atoms with Crippen molar-refractivity contribution in [1.82, 2.24) is 10.3 Å². The standard InChI is InChI=1S/C19H18N4O2/c1-12-16(13(2)23-19(25)17(12)10-21)6-7-18(24)22-11-15-5-3-4-14(8-15)9-20/h3-5,8H,6-7,11H2,1-2H3,(H,22,24)(H,23,25). The summed E-state index contributed by atoms with van der Waals surface area (Å²) in [7, 11) is 0. The average molecular weight is 334 g/mol. The molecular formula is C19H18N4O2. The van der Waals surface area contributed by atoms with E-state index >= 15 is 0 Å². The van der Waals surface area contributed by atoms with Crippen LogP contribution in [-0.2, 0) is 17.8 Å². The minimum absolute atomic E-state index is 0.0920. The van der Waals surface area contributed by atoms with Gasteiger partial charge in [-0.1, -0.05) is 12.1 Å². The van der Waals surface area contributed by atoms with Crippen molar-refractivity contribution in [3.8, 4) is 12.1 Å². The van der Waals surface area contributed by atoms with Gasteiger partial charge in [-0.15, -0.1) is 0 Å². The normalized spacial score (nSPS) is 9.92. The summed E-state index contributed by atoms with van der Waals surface area (Å²) >= 11 is 0. The molecule has 0 saturated heterocycles. The van der Waals surface area contributed by atoms with Gasteiger partial charge in [0, 0.05) is 18.7 Å². The minimum atomic E-state index is -0.400. The smallest absolute Gasteiger partial charge is 0.266 e. The summed E-state index contributed by atoms with van der Waals surface area (Å²) < 4.78 is 0. The second kappa shape index (κ2) is 7.94. The monoisotopic (exact) mass is 334 g/mol. The topological polar surface area (TPSA) is 110 Å². The maximum atomic E-state index is 12.1. The molecule has 0 unspecified atom stereocenters. The molecule has 0 spiro atoms. The van der Waals surface area contributed by atoms with Crippen molar-refractivity contribution in [2.45, 2.75) is 33.2 Å². The lowest BCUT2D eigenvalue weighted by Crippen LogP contribution is -2.24. The first-order chi connectivity index (χ1) is 12.0. The van der Waals surface area contributed by atoms with Crippen LogP contribution in [0.25, 0.3) is 0 Å². The number of aromatic amines is 1. The molecule has 1 aromatic heterocycles. The lowest BCUT2D eigenvalue weighted by Gasteiger charge is -2.11. The number of aryl methyl sites for hydroxylation is 1. The molecule has 6 nitrogen and oxygen atoms in total. The maximum Gasteiger partial charge on any atom is 0.266 e. The van der Waals surface area contributed by atoms with Crippen molar-refractivity contribution in [2.24, 2.45) is 0 Å². The molecule has 1 aromatic carbocycles. The molecule has 6 heteroatoms. The molecule has 0 aliphatic rings. The van der Waals surface area contributed by atoms with E-state index in [9.17, 15) is 9.59 Å². The fourth-order valence-electron chi connectivity index (χ4n) is 2.70. The van der Waals surface area contributed by atoms with E-state index in [0.717, 1.165) is 11.1 Å². The third-order valence-electron chi connectivity index (χ3n) is 4.07. The van der Waals surface area contributed by atoms with Gasteiger partial charge < -0.3 is 10.3 Å². The Morgan fingerprint density at radius 2 is 2.00 bits per heavy atom. The van der Waals surface area contributed by atoms with Crippen molar-refractivity contribution in [2.75, 3.05) is 0 Å². The van der Waals surface area contributed by atoms with E-state index in [2.05, 4.69) is 16.4 Å². The van der Waals surface area contributed by atoms with Crippen molar-refractivity contribution < 1.29 is 4.79 Å². The average Bonchev–Trinajstić information content (AvgIpc) is 2.60. The maximum absolute atomic E-state index is 12.1. The van der Waals surface area contributed by atoms with Crippen LogP contribution in [0, 0.1) is 36.5 Å². The predicted octanol–water partition coefficient (Wildman–Crippen LogP) is 1.98. The quantitative estimate of drug-likeness (QED) is 0.871. The lowest BCUT2D eigenvalue weighted by molar-refractivity contribution is -0.121. The minimum Gasteiger partial charge on any atom is -0.352 e. The first-order valence-electron chi connectivity index (χ1n) is 7.84. The summed E-state index contributed by atoms with van der Waals surface area (Å²) in [4.78, 5) is 26.4. The molecule has 1 amide bonds. The lowest BCUT2D eigenvalue weighted by atomic mass is 9.99. The Morgan fingerprint density at radius 1 is 1.24 bits per heavy atom. The fraction of sp³-hybridized carbons (Fsp3) is 0.263. The van der Waals surface area contributed by atoms with E-state index in [0.29, 0.717) is 29.8 Å². The van der Waals surface area contributed by atoms with Crippen molar-refractivity contribution in [3.63, 3.8) is 0 Å². The summed E-state index contributed by atoms with van der Waals surface area (Å²) in [5.41, 5.74) is 3.22. The van der Waals surface area contributed by atoms with Crippen LogP contribution in [0.2, 0.25) is 0 Å². The first kappa shape index (κ1) is 18.0. The zero-order chi connectivity index (χ0) is 18.4. The molecule has 0 radical (unpaired) electrons. The molecular weight excluding hydrogens is 316 g/mol. The molecule has 0 atom stereocenters. The molecule has 2 aromatic rings. The van der Waals surface area contributed by atoms with E-state index in [1.54, 1.807) is 32.0 Å². The number of nitriles is 2. The van der Waals surface area contributed by atoms with Crippen molar-refractivity contribution in [3.05, 3.63) is 68.1 Å². The van der Waals surface area contributed by atoms with E-state index in [4.69, 9.17) is 10.5 Å². The highest BCUT2D eigenvalue weighted by atomic mass is 16.1. The number of H-pyrrole nitrogens is 1. The largest absolute Gasteiger partial charge is 0.352 e. The number of pyridine rings is 1. The van der Waals surface area contributed by atoms with Gasteiger partial charge in [-0.05, 0) is 49.1 Å². The summed E-state index contributed by atoms with van der Waals surface area (Å²) in [5, 5.41) is 20.8. The Hall–Kier alpha value is -3.38. The van der Waals surface area contributed by atoms with Crippen molar-refractivity contribution >= 4 is 5.91 Å². The predicted molar refractivity (Wildman–Crippen MR) is 92.6 cm³/mol. The van der Waals surface area contributed by atoms with E-state index < -0.39 is 5.56 Å². The van der Waals surface area contributed by atoms with Crippen LogP contribution >= 0.6 is 0 Å². The molecule has 2 N–H and O–H groups in total. The van der Waals surface area contributed by atoms with Gasteiger partial charge in [-0.3, -0.25) is 9.59 Å². The van der Waals surface area contributed by atoms with Crippen LogP contribution in [0.3, 0.4) is 0 Å². The molecule has 25 heavy (non-hydrogen) atoms. The Bertz CT molecular complexity index is 945. The summed E-state index contributed by atoms with van der Waals surface area (Å²) in [5.74, 6) is -0.133. The Morgan fingerprint density at radius 3 is 2.68 bits per heavy atom. The third-order valence-corrected chi connectivity index (χ3v) is 4.07. The molecule has 1 heterocycles. The van der Waals surface area contributed by atoms with E-state index in [1.807, 2.05) is 12.1 Å². The number of rotatable bonds is 5. The van der Waals surface area contributed by atoms with Crippen LogP contribution < -0.4 is 10.9 Å². The number of amides is 1. The van der Waals surface area contributed by atoms with Crippen LogP contribution in [0.4, 0.5) is 0 Å². The number of nitrogens with zero attached hydrogens (tertiary/aromatic N) is 2. The fourth-order valence-corrected chi connectivity index (χ4v) is 2.70. The summed E-state index contributed by atoms with van der Waals surface area (Å²) in [6.45, 7) is 3.83. The van der Waals surface area contributed by atoms with E-state index in [1.165, 1.54) is 0 Å². The van der Waals surface area contributed by atoms with Gasteiger partial charge in [0.2, 0.25) is 5.91 Å². The number of nitrogens with one attached hydrogen (secondary N) is 2. The second-order valence-corrected chi connectivity index (χ2v) is 5.76. The first-order valence-corrected chi connectivity index (χ1v) is 7.84. The molecule has 0 aliphatic heterocycles. The van der Waals surface area contributed by atoms with Gasteiger partial charge in [0.15, 0.2) is 0 Å². The molecule has 0 aliphatic carbocycles. The zero-order valence-corrected chi connectivity index (χ0v) is 14.1. The molecule has 0 fully saturated rings. The molecule has 2 rings (SSSR count). The number of aromatic nitrogens is 1. The molecule has 0 saturated carbocycles. The van der Waals surface area contributed by atoms with Gasteiger partial charge in [0.05, 0.1) is 11.6 Å². The van der Waals surface area contributed by atoms with Crippen LogP contribution in [-0.4, -0.2) is 10.9 Å². The Labute approximate surface area is 145 Å². The Balaban J connectivity index is 2.00. The highest BCUT2D eigenvalue weighted by Crippen LogP contribution is 2.15. The molecule has 126 valence electrons. The number of hydrogen-bond acceptors (Lipinski definition) is 4. The van der Waals surface area contributed by atoms with Gasteiger partial charge in [0.1, 0.15) is 11.6 Å². The van der Waals surface area contributed by atoms with Crippen LogP contribution in [0.5, 0.6) is 0 Å². The third kappa shape index (κ3) is 4.33. The Kier molecular flexibility index (Phi) is 5.71. The SMILES string of the molecule is Cc1[nH]c(=O)c(C#N)c(C)c1CCC(=O)NCc1cccc(C#N)c1. The van der Waals surface area contributed by atoms with Gasteiger partial charge in [0.25, 0.3) is 5.56 Å². The number of carbonyl (C=O) groups is 1. The van der Waals surface area contributed by atoms with Crippen LogP contribution in [0.1, 0.15) is 39.9 Å². The van der Waals surface area contributed by atoms with Crippen LogP contribution in [0.15, 0.2) is 29.1 Å². The summed E-state index contributed by atoms with van der Waals surface area (Å²) in [6, 6.07) is 11.0. The van der Waals surface area contributed by atoms with Gasteiger partial charge in [-0.2, -0.15) is 10.5 Å².